The van der Waals surface area contributed by atoms with E-state index >= 15 is 0 Å². The molecule has 19 heavy (non-hydrogen) atoms. The molecule has 1 aliphatic heterocycles. The molecule has 1 aliphatic rings. The summed E-state index contributed by atoms with van der Waals surface area (Å²) in [5.74, 6) is -2.47. The molecule has 0 atom stereocenters. The van der Waals surface area contributed by atoms with Crippen LogP contribution in [0.2, 0.25) is 0 Å². The summed E-state index contributed by atoms with van der Waals surface area (Å²) in [5.41, 5.74) is 3.89. The van der Waals surface area contributed by atoms with Crippen LogP contribution in [0.4, 0.5) is 4.39 Å². The van der Waals surface area contributed by atoms with E-state index in [-0.39, 0.29) is 17.7 Å². The van der Waals surface area contributed by atoms with Crippen LogP contribution in [0.3, 0.4) is 0 Å². The Morgan fingerprint density at radius 1 is 1.47 bits per heavy atom. The molecule has 4 N–H and O–H groups in total. The number of halogens is 1. The zero-order valence-electron chi connectivity index (χ0n) is 9.98. The van der Waals surface area contributed by atoms with Gasteiger partial charge in [0.2, 0.25) is 0 Å². The van der Waals surface area contributed by atoms with E-state index in [0.29, 0.717) is 13.1 Å². The number of carbonyl (C=O) groups is 2. The molecule has 0 saturated carbocycles. The smallest absolute Gasteiger partial charge is 0.307 e. The third-order valence-electron chi connectivity index (χ3n) is 2.91. The normalized spacial score (nSPS) is 16.5. The van der Waals surface area contributed by atoms with Crippen molar-refractivity contribution in [3.63, 3.8) is 0 Å². The summed E-state index contributed by atoms with van der Waals surface area (Å²) in [4.78, 5) is 21.7. The summed E-state index contributed by atoms with van der Waals surface area (Å²) < 4.78 is 19.1. The average Bonchev–Trinajstić information content (AvgIpc) is 2.25. The molecular weight excluding hydrogens is 255 g/mol. The quantitative estimate of drug-likeness (QED) is 0.704. The van der Waals surface area contributed by atoms with Crippen molar-refractivity contribution in [2.45, 2.75) is 12.0 Å². The lowest BCUT2D eigenvalue weighted by Gasteiger charge is -2.41. The van der Waals surface area contributed by atoms with Gasteiger partial charge < -0.3 is 20.9 Å². The van der Waals surface area contributed by atoms with Crippen LogP contribution in [-0.4, -0.2) is 35.7 Å². The van der Waals surface area contributed by atoms with Gasteiger partial charge in [-0.2, -0.15) is 0 Å². The first kappa shape index (κ1) is 13.3. The number of hydrogen-bond acceptors (Lipinski definition) is 4. The van der Waals surface area contributed by atoms with Gasteiger partial charge in [0.1, 0.15) is 17.2 Å². The molecule has 1 saturated heterocycles. The molecule has 0 bridgehead atoms. The SMILES string of the molecule is NC(=O)c1ccc(OC2(CC(=O)O)CNC2)cc1F. The molecule has 7 heteroatoms. The first-order valence-electron chi connectivity index (χ1n) is 5.63. The maximum Gasteiger partial charge on any atom is 0.307 e. The van der Waals surface area contributed by atoms with Crippen molar-refractivity contribution < 1.29 is 23.8 Å². The molecule has 0 radical (unpaired) electrons. The van der Waals surface area contributed by atoms with Crippen LogP contribution in [0.5, 0.6) is 5.75 Å². The van der Waals surface area contributed by atoms with Crippen molar-refractivity contribution in [3.05, 3.63) is 29.6 Å². The molecule has 2 rings (SSSR count). The van der Waals surface area contributed by atoms with Crippen molar-refractivity contribution in [1.82, 2.24) is 5.32 Å². The van der Waals surface area contributed by atoms with E-state index in [4.69, 9.17) is 15.6 Å². The molecule has 1 fully saturated rings. The topological polar surface area (TPSA) is 102 Å². The molecule has 0 unspecified atom stereocenters. The first-order valence-corrected chi connectivity index (χ1v) is 5.63. The zero-order chi connectivity index (χ0) is 14.0. The highest BCUT2D eigenvalue weighted by Gasteiger charge is 2.41. The molecule has 0 aromatic heterocycles. The van der Waals surface area contributed by atoms with Gasteiger partial charge in [0.05, 0.1) is 12.0 Å². The summed E-state index contributed by atoms with van der Waals surface area (Å²) in [6.07, 6.45) is -0.181. The van der Waals surface area contributed by atoms with Gasteiger partial charge in [0.25, 0.3) is 5.91 Å². The van der Waals surface area contributed by atoms with Crippen LogP contribution < -0.4 is 15.8 Å². The number of benzene rings is 1. The molecule has 6 nitrogen and oxygen atoms in total. The number of rotatable bonds is 5. The Balaban J connectivity index is 2.17. The van der Waals surface area contributed by atoms with Crippen molar-refractivity contribution in [2.24, 2.45) is 5.73 Å². The van der Waals surface area contributed by atoms with Crippen LogP contribution in [0.15, 0.2) is 18.2 Å². The number of carboxylic acid groups (broad SMARTS) is 1. The molecule has 0 aliphatic carbocycles. The van der Waals surface area contributed by atoms with E-state index in [1.165, 1.54) is 12.1 Å². The Bertz CT molecular complexity index is 528. The molecule has 1 heterocycles. The van der Waals surface area contributed by atoms with Crippen molar-refractivity contribution >= 4 is 11.9 Å². The van der Waals surface area contributed by atoms with Gasteiger partial charge in [0.15, 0.2) is 0 Å². The van der Waals surface area contributed by atoms with Gasteiger partial charge >= 0.3 is 5.97 Å². The van der Waals surface area contributed by atoms with Crippen LogP contribution in [0, 0.1) is 5.82 Å². The lowest BCUT2D eigenvalue weighted by Crippen LogP contribution is -2.64. The number of carbonyl (C=O) groups excluding carboxylic acids is 1. The lowest BCUT2D eigenvalue weighted by molar-refractivity contribution is -0.143. The van der Waals surface area contributed by atoms with E-state index in [9.17, 15) is 14.0 Å². The van der Waals surface area contributed by atoms with Crippen LogP contribution in [0.1, 0.15) is 16.8 Å². The minimum Gasteiger partial charge on any atom is -0.484 e. The van der Waals surface area contributed by atoms with Gasteiger partial charge in [-0.3, -0.25) is 9.59 Å². The predicted octanol–water partition coefficient (Wildman–Crippen LogP) is 0.120. The Morgan fingerprint density at radius 2 is 2.16 bits per heavy atom. The van der Waals surface area contributed by atoms with Gasteiger partial charge in [-0.1, -0.05) is 0 Å². The Morgan fingerprint density at radius 3 is 2.58 bits per heavy atom. The number of carboxylic acids is 1. The second-order valence-electron chi connectivity index (χ2n) is 4.47. The highest BCUT2D eigenvalue weighted by molar-refractivity contribution is 5.93. The summed E-state index contributed by atoms with van der Waals surface area (Å²) in [6, 6.07) is 3.64. The van der Waals surface area contributed by atoms with Crippen LogP contribution in [0.25, 0.3) is 0 Å². The number of amides is 1. The first-order chi connectivity index (χ1) is 8.92. The number of ether oxygens (including phenoxy) is 1. The molecule has 1 aromatic rings. The van der Waals surface area contributed by atoms with Gasteiger partial charge in [-0.15, -0.1) is 0 Å². The maximum atomic E-state index is 13.5. The fraction of sp³-hybridized carbons (Fsp3) is 0.333. The van der Waals surface area contributed by atoms with E-state index in [1.807, 2.05) is 0 Å². The van der Waals surface area contributed by atoms with E-state index in [1.54, 1.807) is 0 Å². The minimum absolute atomic E-state index is 0.172. The number of aliphatic carboxylic acids is 1. The average molecular weight is 268 g/mol. The summed E-state index contributed by atoms with van der Waals surface area (Å²) in [6.45, 7) is 0.747. The molecular formula is C12H13FN2O4. The zero-order valence-corrected chi connectivity index (χ0v) is 9.98. The van der Waals surface area contributed by atoms with Crippen molar-refractivity contribution in [3.8, 4) is 5.75 Å². The monoisotopic (exact) mass is 268 g/mol. The number of nitrogens with two attached hydrogens (primary N) is 1. The summed E-state index contributed by atoms with van der Waals surface area (Å²) >= 11 is 0. The standard InChI is InChI=1S/C12H13FN2O4/c13-9-3-7(1-2-8(9)11(14)18)19-12(4-10(16)17)5-15-6-12/h1-3,15H,4-6H2,(H2,14,18)(H,16,17). The van der Waals surface area contributed by atoms with E-state index in [2.05, 4.69) is 5.32 Å². The largest absolute Gasteiger partial charge is 0.484 e. The van der Waals surface area contributed by atoms with Crippen molar-refractivity contribution in [1.29, 1.82) is 0 Å². The van der Waals surface area contributed by atoms with E-state index < -0.39 is 23.3 Å². The minimum atomic E-state index is -0.990. The fourth-order valence-corrected chi connectivity index (χ4v) is 1.92. The Labute approximate surface area is 108 Å². The lowest BCUT2D eigenvalue weighted by atomic mass is 9.92. The third kappa shape index (κ3) is 2.82. The third-order valence-corrected chi connectivity index (χ3v) is 2.91. The highest BCUT2D eigenvalue weighted by Crippen LogP contribution is 2.26. The van der Waals surface area contributed by atoms with Gasteiger partial charge in [-0.25, -0.2) is 4.39 Å². The highest BCUT2D eigenvalue weighted by atomic mass is 19.1. The van der Waals surface area contributed by atoms with E-state index in [0.717, 1.165) is 6.07 Å². The maximum absolute atomic E-state index is 13.5. The van der Waals surface area contributed by atoms with Crippen molar-refractivity contribution in [2.75, 3.05) is 13.1 Å². The molecule has 0 spiro atoms. The summed E-state index contributed by atoms with van der Waals surface area (Å²) in [5, 5.41) is 11.7. The second-order valence-corrected chi connectivity index (χ2v) is 4.47. The number of hydrogen-bond donors (Lipinski definition) is 3. The van der Waals surface area contributed by atoms with Gasteiger partial charge in [0, 0.05) is 19.2 Å². The molecule has 1 amide bonds. The second kappa shape index (κ2) is 4.85. The Kier molecular flexibility index (Phi) is 3.39. The summed E-state index contributed by atoms with van der Waals surface area (Å²) in [7, 11) is 0. The molecule has 1 aromatic carbocycles. The van der Waals surface area contributed by atoms with Crippen LogP contribution >= 0.6 is 0 Å². The number of primary amides is 1. The van der Waals surface area contributed by atoms with Gasteiger partial charge in [-0.05, 0) is 12.1 Å². The molecule has 102 valence electrons. The predicted molar refractivity (Wildman–Crippen MR) is 63.4 cm³/mol. The fourth-order valence-electron chi connectivity index (χ4n) is 1.92. The number of nitrogens with one attached hydrogen (secondary N) is 1. The van der Waals surface area contributed by atoms with Crippen LogP contribution in [-0.2, 0) is 4.79 Å². The Hall–Kier alpha value is -2.15.